The first-order valence-corrected chi connectivity index (χ1v) is 5.09. The fourth-order valence-corrected chi connectivity index (χ4v) is 1.49. The van der Waals surface area contributed by atoms with Crippen molar-refractivity contribution in [2.75, 3.05) is 32.9 Å². The van der Waals surface area contributed by atoms with Gasteiger partial charge >= 0.3 is 6.09 Å². The van der Waals surface area contributed by atoms with Gasteiger partial charge in [-0.3, -0.25) is 4.79 Å². The molecule has 3 N–H and O–H groups in total. The van der Waals surface area contributed by atoms with Gasteiger partial charge in [0.25, 0.3) is 0 Å². The van der Waals surface area contributed by atoms with Gasteiger partial charge in [0.1, 0.15) is 0 Å². The summed E-state index contributed by atoms with van der Waals surface area (Å²) in [4.78, 5) is 23.6. The Morgan fingerprint density at radius 2 is 2.00 bits per heavy atom. The summed E-state index contributed by atoms with van der Waals surface area (Å²) in [5.41, 5.74) is 0. The molecule has 1 heterocycles. The second-order valence-corrected chi connectivity index (χ2v) is 3.53. The van der Waals surface area contributed by atoms with E-state index in [1.54, 1.807) is 4.90 Å². The Morgan fingerprint density at radius 3 is 2.50 bits per heavy atom. The van der Waals surface area contributed by atoms with Gasteiger partial charge in [-0.05, 0) is 0 Å². The first-order valence-electron chi connectivity index (χ1n) is 5.09. The summed E-state index contributed by atoms with van der Waals surface area (Å²) >= 11 is 0. The predicted molar refractivity (Wildman–Crippen MR) is 54.1 cm³/mol. The van der Waals surface area contributed by atoms with Crippen molar-refractivity contribution in [2.24, 2.45) is 0 Å². The van der Waals surface area contributed by atoms with E-state index < -0.39 is 12.1 Å². The van der Waals surface area contributed by atoms with E-state index in [-0.39, 0.29) is 18.9 Å². The van der Waals surface area contributed by atoms with E-state index in [1.807, 2.05) is 0 Å². The SMILES string of the molecule is O=C(O)NC(CO)CC(=O)N1CCOCC1. The van der Waals surface area contributed by atoms with Crippen LogP contribution in [0.1, 0.15) is 6.42 Å². The summed E-state index contributed by atoms with van der Waals surface area (Å²) in [5.74, 6) is -0.170. The predicted octanol–water partition coefficient (Wildman–Crippen LogP) is -1.14. The van der Waals surface area contributed by atoms with Crippen molar-refractivity contribution in [3.63, 3.8) is 0 Å². The van der Waals surface area contributed by atoms with Gasteiger partial charge in [-0.2, -0.15) is 0 Å². The minimum atomic E-state index is -1.24. The van der Waals surface area contributed by atoms with Crippen molar-refractivity contribution in [3.8, 4) is 0 Å². The van der Waals surface area contributed by atoms with Gasteiger partial charge in [0.05, 0.1) is 25.9 Å². The number of aliphatic hydroxyl groups is 1. The van der Waals surface area contributed by atoms with E-state index in [1.165, 1.54) is 0 Å². The van der Waals surface area contributed by atoms with E-state index in [9.17, 15) is 9.59 Å². The van der Waals surface area contributed by atoms with E-state index in [0.29, 0.717) is 26.3 Å². The highest BCUT2D eigenvalue weighted by Crippen LogP contribution is 2.02. The number of nitrogens with one attached hydrogen (secondary N) is 1. The Morgan fingerprint density at radius 1 is 1.38 bits per heavy atom. The van der Waals surface area contributed by atoms with Crippen LogP contribution in [0.3, 0.4) is 0 Å². The number of aliphatic hydroxyl groups excluding tert-OH is 1. The smallest absolute Gasteiger partial charge is 0.404 e. The summed E-state index contributed by atoms with van der Waals surface area (Å²) in [6.07, 6.45) is -1.27. The highest BCUT2D eigenvalue weighted by Gasteiger charge is 2.21. The molecule has 0 aromatic heterocycles. The zero-order chi connectivity index (χ0) is 12.0. The Balaban J connectivity index is 2.38. The third-order valence-electron chi connectivity index (χ3n) is 2.33. The maximum atomic E-state index is 11.7. The molecule has 0 radical (unpaired) electrons. The normalized spacial score (nSPS) is 17.9. The Labute approximate surface area is 93.0 Å². The van der Waals surface area contributed by atoms with Gasteiger partial charge in [0, 0.05) is 19.5 Å². The topological polar surface area (TPSA) is 99.1 Å². The number of morpholine rings is 1. The molecule has 7 heteroatoms. The number of carbonyl (C=O) groups excluding carboxylic acids is 1. The van der Waals surface area contributed by atoms with Crippen LogP contribution < -0.4 is 5.32 Å². The zero-order valence-electron chi connectivity index (χ0n) is 8.89. The minimum Gasteiger partial charge on any atom is -0.465 e. The lowest BCUT2D eigenvalue weighted by molar-refractivity contribution is -0.136. The zero-order valence-corrected chi connectivity index (χ0v) is 8.89. The van der Waals surface area contributed by atoms with E-state index >= 15 is 0 Å². The van der Waals surface area contributed by atoms with Crippen LogP contribution in [0.2, 0.25) is 0 Å². The van der Waals surface area contributed by atoms with Crippen LogP contribution >= 0.6 is 0 Å². The van der Waals surface area contributed by atoms with Crippen LogP contribution in [0.5, 0.6) is 0 Å². The second-order valence-electron chi connectivity index (χ2n) is 3.53. The molecule has 1 rings (SSSR count). The average Bonchev–Trinajstić information content (AvgIpc) is 2.28. The minimum absolute atomic E-state index is 0.0250. The molecule has 1 atom stereocenters. The molecule has 0 aromatic carbocycles. The highest BCUT2D eigenvalue weighted by atomic mass is 16.5. The molecule has 2 amide bonds. The van der Waals surface area contributed by atoms with Crippen LogP contribution in [0.4, 0.5) is 4.79 Å². The fourth-order valence-electron chi connectivity index (χ4n) is 1.49. The molecule has 0 aliphatic carbocycles. The number of rotatable bonds is 4. The Hall–Kier alpha value is -1.34. The number of hydrogen-bond donors (Lipinski definition) is 3. The molecular weight excluding hydrogens is 216 g/mol. The lowest BCUT2D eigenvalue weighted by atomic mass is 10.2. The number of hydrogen-bond acceptors (Lipinski definition) is 4. The van der Waals surface area contributed by atoms with Crippen LogP contribution in [0, 0.1) is 0 Å². The van der Waals surface area contributed by atoms with Gasteiger partial charge in [-0.1, -0.05) is 0 Å². The van der Waals surface area contributed by atoms with Gasteiger partial charge in [-0.25, -0.2) is 4.79 Å². The summed E-state index contributed by atoms with van der Waals surface area (Å²) in [5, 5.41) is 19.5. The highest BCUT2D eigenvalue weighted by molar-refractivity contribution is 5.77. The molecule has 1 saturated heterocycles. The molecule has 92 valence electrons. The molecule has 0 saturated carbocycles. The van der Waals surface area contributed by atoms with Crippen molar-refractivity contribution < 1.29 is 24.5 Å². The van der Waals surface area contributed by atoms with Crippen molar-refractivity contribution in [2.45, 2.75) is 12.5 Å². The van der Waals surface area contributed by atoms with E-state index in [0.717, 1.165) is 0 Å². The average molecular weight is 232 g/mol. The van der Waals surface area contributed by atoms with Crippen molar-refractivity contribution >= 4 is 12.0 Å². The number of ether oxygens (including phenoxy) is 1. The summed E-state index contributed by atoms with van der Waals surface area (Å²) in [6.45, 7) is 1.65. The number of carboxylic acid groups (broad SMARTS) is 1. The lowest BCUT2D eigenvalue weighted by Crippen LogP contribution is -2.45. The Kier molecular flexibility index (Phi) is 5.00. The van der Waals surface area contributed by atoms with Crippen LogP contribution in [-0.4, -0.2) is 66.1 Å². The standard InChI is InChI=1S/C9H16N2O5/c12-6-7(10-9(14)15)5-8(13)11-1-3-16-4-2-11/h7,10,12H,1-6H2,(H,14,15). The number of amides is 2. The van der Waals surface area contributed by atoms with Gasteiger partial charge in [0.15, 0.2) is 0 Å². The van der Waals surface area contributed by atoms with E-state index in [2.05, 4.69) is 5.32 Å². The van der Waals surface area contributed by atoms with Crippen molar-refractivity contribution in [1.82, 2.24) is 10.2 Å². The number of carbonyl (C=O) groups is 2. The summed E-state index contributed by atoms with van der Waals surface area (Å²) in [7, 11) is 0. The third-order valence-corrected chi connectivity index (χ3v) is 2.33. The van der Waals surface area contributed by atoms with Crippen molar-refractivity contribution in [3.05, 3.63) is 0 Å². The second kappa shape index (κ2) is 6.29. The maximum Gasteiger partial charge on any atom is 0.404 e. The molecule has 1 fully saturated rings. The molecule has 0 aromatic rings. The van der Waals surface area contributed by atoms with Crippen LogP contribution in [0.15, 0.2) is 0 Å². The summed E-state index contributed by atoms with van der Waals surface area (Å²) in [6, 6.07) is -0.743. The molecule has 1 unspecified atom stereocenters. The largest absolute Gasteiger partial charge is 0.465 e. The molecule has 7 nitrogen and oxygen atoms in total. The quantitative estimate of drug-likeness (QED) is 0.569. The monoisotopic (exact) mass is 232 g/mol. The molecule has 1 aliphatic heterocycles. The van der Waals surface area contributed by atoms with Crippen LogP contribution in [0.25, 0.3) is 0 Å². The van der Waals surface area contributed by atoms with Gasteiger partial charge < -0.3 is 25.2 Å². The molecule has 16 heavy (non-hydrogen) atoms. The van der Waals surface area contributed by atoms with Gasteiger partial charge in [-0.15, -0.1) is 0 Å². The maximum absolute atomic E-state index is 11.7. The fraction of sp³-hybridized carbons (Fsp3) is 0.778. The van der Waals surface area contributed by atoms with E-state index in [4.69, 9.17) is 14.9 Å². The van der Waals surface area contributed by atoms with Crippen LogP contribution in [-0.2, 0) is 9.53 Å². The van der Waals surface area contributed by atoms with Crippen molar-refractivity contribution in [1.29, 1.82) is 0 Å². The first kappa shape index (κ1) is 12.7. The van der Waals surface area contributed by atoms with Gasteiger partial charge in [0.2, 0.25) is 5.91 Å². The first-order chi connectivity index (χ1) is 7.63. The molecular formula is C9H16N2O5. The third kappa shape index (κ3) is 4.03. The molecule has 0 bridgehead atoms. The lowest BCUT2D eigenvalue weighted by Gasteiger charge is -2.28. The molecule has 1 aliphatic rings. The summed E-state index contributed by atoms with van der Waals surface area (Å²) < 4.78 is 5.09. The molecule has 0 spiro atoms. The Bertz CT molecular complexity index is 252. The number of nitrogens with zero attached hydrogens (tertiary/aromatic N) is 1.